The molecule has 28 heavy (non-hydrogen) atoms. The molecule has 2 aliphatic heterocycles. The van der Waals surface area contributed by atoms with E-state index in [1.165, 1.54) is 0 Å². The molecule has 2 aromatic rings. The first-order chi connectivity index (χ1) is 13.4. The molecule has 6 heteroatoms. The zero-order valence-electron chi connectivity index (χ0n) is 16.1. The number of fused-ring (bicyclic) bond motifs is 3. The standard InChI is InChI=1S/C22H20O6/c1-11(2)21-20(24)14-7-8-16-19(22(14)28-21)15(10-18(23)27-16)13-6-5-12(25-3)9-17(13)26-4/h5-9,15H,10H2,1-4H3. The number of carbonyl (C=O) groups is 2. The summed E-state index contributed by atoms with van der Waals surface area (Å²) in [5.41, 5.74) is 2.76. The van der Waals surface area contributed by atoms with E-state index < -0.39 is 0 Å². The minimum Gasteiger partial charge on any atom is -0.497 e. The van der Waals surface area contributed by atoms with Gasteiger partial charge in [-0.2, -0.15) is 0 Å². The maximum absolute atomic E-state index is 12.7. The molecule has 2 heterocycles. The largest absolute Gasteiger partial charge is 0.497 e. The quantitative estimate of drug-likeness (QED) is 0.455. The van der Waals surface area contributed by atoms with Crippen molar-refractivity contribution in [3.05, 3.63) is 58.4 Å². The van der Waals surface area contributed by atoms with Gasteiger partial charge in [-0.05, 0) is 37.6 Å². The van der Waals surface area contributed by atoms with Gasteiger partial charge in [0, 0.05) is 23.1 Å². The van der Waals surface area contributed by atoms with E-state index in [4.69, 9.17) is 18.9 Å². The fourth-order valence-corrected chi connectivity index (χ4v) is 3.69. The molecule has 0 N–H and O–H groups in total. The summed E-state index contributed by atoms with van der Waals surface area (Å²) in [4.78, 5) is 25.0. The van der Waals surface area contributed by atoms with E-state index in [9.17, 15) is 9.59 Å². The second-order valence-corrected chi connectivity index (χ2v) is 6.95. The number of ether oxygens (including phenoxy) is 4. The molecule has 0 aromatic heterocycles. The van der Waals surface area contributed by atoms with E-state index in [0.29, 0.717) is 39.9 Å². The molecule has 1 atom stereocenters. The Bertz CT molecular complexity index is 1030. The molecule has 0 spiro atoms. The first kappa shape index (κ1) is 18.1. The number of methoxy groups -OCH3 is 2. The monoisotopic (exact) mass is 380 g/mol. The predicted octanol–water partition coefficient (Wildman–Crippen LogP) is 4.01. The van der Waals surface area contributed by atoms with E-state index in [0.717, 1.165) is 11.1 Å². The SMILES string of the molecule is COc1ccc(C2CC(=O)Oc3ccc4c(c32)OC(=C(C)C)C4=O)c(OC)c1. The number of carbonyl (C=O) groups excluding carboxylic acids is 2. The van der Waals surface area contributed by atoms with Crippen molar-refractivity contribution in [1.82, 2.24) is 0 Å². The first-order valence-corrected chi connectivity index (χ1v) is 8.94. The van der Waals surface area contributed by atoms with Gasteiger partial charge in [0.25, 0.3) is 0 Å². The van der Waals surface area contributed by atoms with Gasteiger partial charge in [0.2, 0.25) is 5.78 Å². The average molecular weight is 380 g/mol. The molecule has 0 radical (unpaired) electrons. The highest BCUT2D eigenvalue weighted by molar-refractivity contribution is 6.13. The van der Waals surface area contributed by atoms with E-state index in [1.807, 2.05) is 26.0 Å². The van der Waals surface area contributed by atoms with Crippen molar-refractivity contribution in [2.24, 2.45) is 0 Å². The van der Waals surface area contributed by atoms with Gasteiger partial charge in [-0.15, -0.1) is 0 Å². The topological polar surface area (TPSA) is 71.1 Å². The summed E-state index contributed by atoms with van der Waals surface area (Å²) in [5, 5.41) is 0. The minimum absolute atomic E-state index is 0.119. The highest BCUT2D eigenvalue weighted by atomic mass is 16.5. The number of benzene rings is 2. The maximum atomic E-state index is 12.7. The third kappa shape index (κ3) is 2.72. The van der Waals surface area contributed by atoms with Crippen molar-refractivity contribution in [3.63, 3.8) is 0 Å². The van der Waals surface area contributed by atoms with Crippen LogP contribution in [0.1, 0.15) is 47.7 Å². The van der Waals surface area contributed by atoms with Crippen LogP contribution in [0.4, 0.5) is 0 Å². The van der Waals surface area contributed by atoms with Gasteiger partial charge < -0.3 is 18.9 Å². The molecule has 6 nitrogen and oxygen atoms in total. The number of hydrogen-bond donors (Lipinski definition) is 0. The Balaban J connectivity index is 1.92. The Morgan fingerprint density at radius 1 is 1.04 bits per heavy atom. The Kier molecular flexibility index (Phi) is 4.34. The maximum Gasteiger partial charge on any atom is 0.312 e. The Morgan fingerprint density at radius 2 is 1.82 bits per heavy atom. The molecular formula is C22H20O6. The van der Waals surface area contributed by atoms with Crippen LogP contribution < -0.4 is 18.9 Å². The summed E-state index contributed by atoms with van der Waals surface area (Å²) in [5.74, 6) is 1.55. The van der Waals surface area contributed by atoms with E-state index in [2.05, 4.69) is 0 Å². The zero-order chi connectivity index (χ0) is 20.0. The molecule has 0 saturated carbocycles. The normalized spacial score (nSPS) is 17.4. The third-order valence-electron chi connectivity index (χ3n) is 5.02. The van der Waals surface area contributed by atoms with Crippen LogP contribution in [0.3, 0.4) is 0 Å². The highest BCUT2D eigenvalue weighted by Gasteiger charge is 2.39. The molecule has 1 unspecified atom stereocenters. The van der Waals surface area contributed by atoms with Crippen molar-refractivity contribution < 1.29 is 28.5 Å². The Hall–Kier alpha value is -3.28. The van der Waals surface area contributed by atoms with Crippen LogP contribution in [0.2, 0.25) is 0 Å². The molecule has 0 saturated heterocycles. The molecule has 0 amide bonds. The van der Waals surface area contributed by atoms with E-state index >= 15 is 0 Å². The first-order valence-electron chi connectivity index (χ1n) is 8.94. The van der Waals surface area contributed by atoms with Crippen LogP contribution in [-0.2, 0) is 4.79 Å². The third-order valence-corrected chi connectivity index (χ3v) is 5.02. The smallest absolute Gasteiger partial charge is 0.312 e. The number of Topliss-reactive ketones (excluding diaryl/α,β-unsaturated/α-hetero) is 1. The summed E-state index contributed by atoms with van der Waals surface area (Å²) in [6.45, 7) is 3.66. The van der Waals surface area contributed by atoms with Crippen LogP contribution >= 0.6 is 0 Å². The molecule has 0 bridgehead atoms. The molecule has 144 valence electrons. The second-order valence-electron chi connectivity index (χ2n) is 6.95. The molecular weight excluding hydrogens is 360 g/mol. The molecule has 2 aliphatic rings. The number of ketones is 1. The fraction of sp³-hybridized carbons (Fsp3) is 0.273. The van der Waals surface area contributed by atoms with Crippen molar-refractivity contribution in [3.8, 4) is 23.0 Å². The summed E-state index contributed by atoms with van der Waals surface area (Å²) in [6.07, 6.45) is 0.119. The van der Waals surface area contributed by atoms with Gasteiger partial charge in [0.05, 0.1) is 26.2 Å². The number of hydrogen-bond acceptors (Lipinski definition) is 6. The second kappa shape index (κ2) is 6.71. The summed E-state index contributed by atoms with van der Waals surface area (Å²) >= 11 is 0. The summed E-state index contributed by atoms with van der Waals surface area (Å²) in [6, 6.07) is 8.75. The van der Waals surface area contributed by atoms with Gasteiger partial charge in [0.15, 0.2) is 5.76 Å². The zero-order valence-corrected chi connectivity index (χ0v) is 16.1. The fourth-order valence-electron chi connectivity index (χ4n) is 3.69. The molecule has 2 aromatic carbocycles. The lowest BCUT2D eigenvalue weighted by molar-refractivity contribution is -0.135. The lowest BCUT2D eigenvalue weighted by Crippen LogP contribution is -2.22. The van der Waals surface area contributed by atoms with Crippen LogP contribution in [0, 0.1) is 0 Å². The van der Waals surface area contributed by atoms with Crippen molar-refractivity contribution >= 4 is 11.8 Å². The van der Waals surface area contributed by atoms with Crippen LogP contribution in [0.5, 0.6) is 23.0 Å². The predicted molar refractivity (Wildman–Crippen MR) is 101 cm³/mol. The van der Waals surface area contributed by atoms with Gasteiger partial charge in [-0.3, -0.25) is 9.59 Å². The molecule has 0 aliphatic carbocycles. The number of esters is 1. The van der Waals surface area contributed by atoms with Crippen LogP contribution in [0.15, 0.2) is 41.7 Å². The van der Waals surface area contributed by atoms with Crippen LogP contribution in [-0.4, -0.2) is 26.0 Å². The van der Waals surface area contributed by atoms with Crippen molar-refractivity contribution in [2.45, 2.75) is 26.2 Å². The van der Waals surface area contributed by atoms with Crippen LogP contribution in [0.25, 0.3) is 0 Å². The van der Waals surface area contributed by atoms with Gasteiger partial charge in [0.1, 0.15) is 23.0 Å². The van der Waals surface area contributed by atoms with Gasteiger partial charge in [-0.25, -0.2) is 0 Å². The minimum atomic E-state index is -0.364. The lowest BCUT2D eigenvalue weighted by Gasteiger charge is -2.27. The van der Waals surface area contributed by atoms with Crippen molar-refractivity contribution in [1.29, 1.82) is 0 Å². The Labute approximate surface area is 162 Å². The van der Waals surface area contributed by atoms with E-state index in [-0.39, 0.29) is 24.1 Å². The van der Waals surface area contributed by atoms with E-state index in [1.54, 1.807) is 32.4 Å². The number of rotatable bonds is 3. The molecule has 4 rings (SSSR count). The Morgan fingerprint density at radius 3 is 2.50 bits per heavy atom. The average Bonchev–Trinajstić information content (AvgIpc) is 3.03. The van der Waals surface area contributed by atoms with Gasteiger partial charge in [-0.1, -0.05) is 6.07 Å². The van der Waals surface area contributed by atoms with Crippen molar-refractivity contribution in [2.75, 3.05) is 14.2 Å². The highest BCUT2D eigenvalue weighted by Crippen LogP contribution is 2.50. The number of allylic oxidation sites excluding steroid dienone is 2. The molecule has 0 fully saturated rings. The summed E-state index contributed by atoms with van der Waals surface area (Å²) in [7, 11) is 3.14. The lowest BCUT2D eigenvalue weighted by atomic mass is 9.84. The summed E-state index contributed by atoms with van der Waals surface area (Å²) < 4.78 is 22.2. The van der Waals surface area contributed by atoms with Gasteiger partial charge >= 0.3 is 5.97 Å².